The van der Waals surface area contributed by atoms with Crippen LogP contribution in [-0.4, -0.2) is 25.7 Å². The third kappa shape index (κ3) is 4.77. The highest BCUT2D eigenvalue weighted by Gasteiger charge is 2.16. The number of carbonyl (C=O) groups is 2. The Bertz CT molecular complexity index is 484. The number of hydrogen-bond acceptors (Lipinski definition) is 3. The molecule has 0 saturated carbocycles. The predicted octanol–water partition coefficient (Wildman–Crippen LogP) is 3.23. The van der Waals surface area contributed by atoms with E-state index in [2.05, 4.69) is 43.1 Å². The zero-order valence-electron chi connectivity index (χ0n) is 13.3. The first kappa shape index (κ1) is 17.0. The van der Waals surface area contributed by atoms with Crippen molar-refractivity contribution in [2.24, 2.45) is 0 Å². The van der Waals surface area contributed by atoms with Gasteiger partial charge in [-0.2, -0.15) is 0 Å². The van der Waals surface area contributed by atoms with Gasteiger partial charge in [0.25, 0.3) is 0 Å². The maximum absolute atomic E-state index is 12.0. The fourth-order valence-corrected chi connectivity index (χ4v) is 2.10. The zero-order chi connectivity index (χ0) is 16.0. The number of para-hydroxylation sites is 1. The minimum absolute atomic E-state index is 0.114. The molecule has 0 aliphatic heterocycles. The summed E-state index contributed by atoms with van der Waals surface area (Å²) in [6.45, 7) is 8.23. The van der Waals surface area contributed by atoms with Crippen LogP contribution >= 0.6 is 0 Å². The van der Waals surface area contributed by atoms with Gasteiger partial charge in [0, 0.05) is 5.69 Å². The van der Waals surface area contributed by atoms with E-state index in [4.69, 9.17) is 0 Å². The number of carbonyl (C=O) groups excluding carboxylic acids is 2. The topological polar surface area (TPSA) is 67.4 Å². The molecule has 21 heavy (non-hydrogen) atoms. The lowest BCUT2D eigenvalue weighted by Gasteiger charge is -2.20. The summed E-state index contributed by atoms with van der Waals surface area (Å²) in [6.07, 6.45) is -0.619. The Balaban J connectivity index is 2.94. The Morgan fingerprint density at radius 3 is 2.05 bits per heavy atom. The van der Waals surface area contributed by atoms with Gasteiger partial charge in [0.1, 0.15) is 6.54 Å². The van der Waals surface area contributed by atoms with E-state index in [0.29, 0.717) is 11.8 Å². The average Bonchev–Trinajstić information content (AvgIpc) is 2.44. The van der Waals surface area contributed by atoms with Crippen molar-refractivity contribution < 1.29 is 14.3 Å². The van der Waals surface area contributed by atoms with E-state index in [1.807, 2.05) is 18.2 Å². The summed E-state index contributed by atoms with van der Waals surface area (Å²) in [5, 5.41) is 5.29. The molecule has 1 rings (SSSR count). The molecule has 0 fully saturated rings. The molecular weight excluding hydrogens is 268 g/mol. The summed E-state index contributed by atoms with van der Waals surface area (Å²) in [5.74, 6) is 0.329. The number of methoxy groups -OCH3 is 1. The van der Waals surface area contributed by atoms with Gasteiger partial charge < -0.3 is 15.4 Å². The fourth-order valence-electron chi connectivity index (χ4n) is 2.10. The van der Waals surface area contributed by atoms with Gasteiger partial charge in [0.05, 0.1) is 7.11 Å². The molecule has 116 valence electrons. The number of alkyl carbamates (subject to hydrolysis) is 1. The summed E-state index contributed by atoms with van der Waals surface area (Å²) >= 11 is 0. The number of benzene rings is 1. The van der Waals surface area contributed by atoms with Gasteiger partial charge in [-0.1, -0.05) is 45.9 Å². The molecule has 0 bridgehead atoms. The Hall–Kier alpha value is -2.04. The van der Waals surface area contributed by atoms with Crippen LogP contribution in [-0.2, 0) is 9.53 Å². The fraction of sp³-hybridized carbons (Fsp3) is 0.500. The lowest BCUT2D eigenvalue weighted by molar-refractivity contribution is -0.115. The smallest absolute Gasteiger partial charge is 0.407 e. The summed E-state index contributed by atoms with van der Waals surface area (Å²) in [6, 6.07) is 6.03. The molecule has 0 aliphatic rings. The third-order valence-corrected chi connectivity index (χ3v) is 3.22. The summed E-state index contributed by atoms with van der Waals surface area (Å²) in [4.78, 5) is 23.0. The molecule has 2 amide bonds. The van der Waals surface area contributed by atoms with Crippen molar-refractivity contribution in [3.8, 4) is 0 Å². The molecular formula is C16H24N2O3. The highest BCUT2D eigenvalue weighted by atomic mass is 16.5. The Morgan fingerprint density at radius 1 is 1.10 bits per heavy atom. The molecule has 1 aromatic carbocycles. The van der Waals surface area contributed by atoms with Gasteiger partial charge in [0.2, 0.25) is 5.91 Å². The van der Waals surface area contributed by atoms with Gasteiger partial charge in [-0.15, -0.1) is 0 Å². The molecule has 0 aromatic heterocycles. The van der Waals surface area contributed by atoms with Gasteiger partial charge in [0.15, 0.2) is 0 Å². The molecule has 5 nitrogen and oxygen atoms in total. The summed E-state index contributed by atoms with van der Waals surface area (Å²) in [7, 11) is 1.26. The van der Waals surface area contributed by atoms with Crippen LogP contribution in [0.5, 0.6) is 0 Å². The van der Waals surface area contributed by atoms with Crippen molar-refractivity contribution >= 4 is 17.7 Å². The first-order valence-electron chi connectivity index (χ1n) is 7.11. The summed E-state index contributed by atoms with van der Waals surface area (Å²) in [5.41, 5.74) is 3.03. The molecule has 0 atom stereocenters. The molecule has 2 N–H and O–H groups in total. The Kier molecular flexibility index (Phi) is 6.21. The van der Waals surface area contributed by atoms with E-state index < -0.39 is 6.09 Å². The lowest BCUT2D eigenvalue weighted by atomic mass is 9.92. The van der Waals surface area contributed by atoms with Crippen LogP contribution in [0.1, 0.15) is 50.7 Å². The van der Waals surface area contributed by atoms with E-state index in [9.17, 15) is 9.59 Å². The Labute approximate surface area is 126 Å². The molecule has 0 saturated heterocycles. The number of amides is 2. The van der Waals surface area contributed by atoms with E-state index in [1.54, 1.807) is 0 Å². The van der Waals surface area contributed by atoms with Crippen molar-refractivity contribution in [3.63, 3.8) is 0 Å². The second kappa shape index (κ2) is 7.67. The maximum Gasteiger partial charge on any atom is 0.407 e. The van der Waals surface area contributed by atoms with Crippen LogP contribution in [0.3, 0.4) is 0 Å². The van der Waals surface area contributed by atoms with E-state index >= 15 is 0 Å². The minimum atomic E-state index is -0.619. The average molecular weight is 292 g/mol. The number of anilines is 1. The number of ether oxygens (including phenoxy) is 1. The number of hydrogen-bond donors (Lipinski definition) is 2. The van der Waals surface area contributed by atoms with Crippen LogP contribution in [0.25, 0.3) is 0 Å². The highest BCUT2D eigenvalue weighted by Crippen LogP contribution is 2.32. The molecule has 0 heterocycles. The van der Waals surface area contributed by atoms with Crippen molar-refractivity contribution in [2.45, 2.75) is 39.5 Å². The minimum Gasteiger partial charge on any atom is -0.453 e. The molecule has 0 aliphatic carbocycles. The number of nitrogens with one attached hydrogen (secondary N) is 2. The van der Waals surface area contributed by atoms with E-state index in [1.165, 1.54) is 7.11 Å². The van der Waals surface area contributed by atoms with Crippen LogP contribution in [0.15, 0.2) is 18.2 Å². The van der Waals surface area contributed by atoms with Crippen LogP contribution in [0, 0.1) is 0 Å². The van der Waals surface area contributed by atoms with Crippen molar-refractivity contribution in [1.82, 2.24) is 5.32 Å². The van der Waals surface area contributed by atoms with Gasteiger partial charge in [-0.25, -0.2) is 4.79 Å². The van der Waals surface area contributed by atoms with Gasteiger partial charge >= 0.3 is 6.09 Å². The van der Waals surface area contributed by atoms with Gasteiger partial charge in [-0.3, -0.25) is 4.79 Å². The normalized spacial score (nSPS) is 10.6. The highest BCUT2D eigenvalue weighted by molar-refractivity contribution is 5.95. The quantitative estimate of drug-likeness (QED) is 0.875. The third-order valence-electron chi connectivity index (χ3n) is 3.22. The van der Waals surface area contributed by atoms with Crippen LogP contribution < -0.4 is 10.6 Å². The maximum atomic E-state index is 12.0. The molecule has 0 spiro atoms. The Morgan fingerprint density at radius 2 is 1.62 bits per heavy atom. The SMILES string of the molecule is COC(=O)NCC(=O)Nc1c(C(C)C)cccc1C(C)C. The predicted molar refractivity (Wildman–Crippen MR) is 83.7 cm³/mol. The van der Waals surface area contributed by atoms with Gasteiger partial charge in [-0.05, 0) is 23.0 Å². The van der Waals surface area contributed by atoms with Crippen molar-refractivity contribution in [3.05, 3.63) is 29.3 Å². The van der Waals surface area contributed by atoms with Crippen LogP contribution in [0.4, 0.5) is 10.5 Å². The molecule has 1 aromatic rings. The van der Waals surface area contributed by atoms with E-state index in [0.717, 1.165) is 16.8 Å². The standard InChI is InChI=1S/C16H24N2O3/c1-10(2)12-7-6-8-13(11(3)4)15(12)18-14(19)9-17-16(20)21-5/h6-8,10-11H,9H2,1-5H3,(H,17,20)(H,18,19). The monoisotopic (exact) mass is 292 g/mol. The van der Waals surface area contributed by atoms with Crippen LogP contribution in [0.2, 0.25) is 0 Å². The first-order chi connectivity index (χ1) is 9.86. The van der Waals surface area contributed by atoms with Crippen molar-refractivity contribution in [2.75, 3.05) is 19.0 Å². The first-order valence-corrected chi connectivity index (χ1v) is 7.11. The zero-order valence-corrected chi connectivity index (χ0v) is 13.3. The molecule has 0 radical (unpaired) electrons. The molecule has 5 heteroatoms. The summed E-state index contributed by atoms with van der Waals surface area (Å²) < 4.78 is 4.44. The number of rotatable bonds is 5. The lowest BCUT2D eigenvalue weighted by Crippen LogP contribution is -2.33. The second-order valence-electron chi connectivity index (χ2n) is 5.51. The largest absolute Gasteiger partial charge is 0.453 e. The van der Waals surface area contributed by atoms with Crippen molar-refractivity contribution in [1.29, 1.82) is 0 Å². The molecule has 0 unspecified atom stereocenters. The second-order valence-corrected chi connectivity index (χ2v) is 5.51. The van der Waals surface area contributed by atoms with E-state index in [-0.39, 0.29) is 12.5 Å².